The fourth-order valence-electron chi connectivity index (χ4n) is 4.34. The summed E-state index contributed by atoms with van der Waals surface area (Å²) in [7, 11) is 0. The number of rotatable bonds is 5. The Bertz CT molecular complexity index is 1160. The Kier molecular flexibility index (Phi) is 4.78. The highest BCUT2D eigenvalue weighted by atomic mass is 16.6. The second-order valence-electron chi connectivity index (χ2n) is 7.74. The molecule has 31 heavy (non-hydrogen) atoms. The van der Waals surface area contributed by atoms with Crippen molar-refractivity contribution in [3.8, 4) is 11.1 Å². The SMILES string of the molecule is O=C1OCCN1c1cc([N+](=O)[O-])ccc1NC1CCc2ccc(-c3ccccc3)cc21. The van der Waals surface area contributed by atoms with Crippen molar-refractivity contribution in [1.82, 2.24) is 0 Å². The predicted octanol–water partition coefficient (Wildman–Crippen LogP) is 5.32. The lowest BCUT2D eigenvalue weighted by molar-refractivity contribution is -0.384. The minimum atomic E-state index is -0.485. The number of amides is 1. The van der Waals surface area contributed by atoms with Gasteiger partial charge in [0.25, 0.3) is 5.69 Å². The third-order valence-electron chi connectivity index (χ3n) is 5.90. The first-order valence-corrected chi connectivity index (χ1v) is 10.3. The molecule has 1 atom stereocenters. The predicted molar refractivity (Wildman–Crippen MR) is 118 cm³/mol. The van der Waals surface area contributed by atoms with E-state index in [-0.39, 0.29) is 18.3 Å². The first-order chi connectivity index (χ1) is 15.1. The van der Waals surface area contributed by atoms with Crippen LogP contribution in [0, 0.1) is 10.1 Å². The van der Waals surface area contributed by atoms with E-state index in [4.69, 9.17) is 4.74 Å². The van der Waals surface area contributed by atoms with E-state index in [2.05, 4.69) is 35.6 Å². The van der Waals surface area contributed by atoms with E-state index in [1.165, 1.54) is 28.2 Å². The van der Waals surface area contributed by atoms with Crippen LogP contribution in [0.4, 0.5) is 21.9 Å². The minimum Gasteiger partial charge on any atom is -0.447 e. The zero-order valence-corrected chi connectivity index (χ0v) is 16.8. The molecule has 0 aromatic heterocycles. The topological polar surface area (TPSA) is 84.7 Å². The molecule has 0 bridgehead atoms. The lowest BCUT2D eigenvalue weighted by Crippen LogP contribution is -2.25. The number of nitro benzene ring substituents is 1. The number of carbonyl (C=O) groups excluding carboxylic acids is 1. The second kappa shape index (κ2) is 7.75. The van der Waals surface area contributed by atoms with Crippen LogP contribution in [0.1, 0.15) is 23.6 Å². The number of anilines is 2. The fraction of sp³-hybridized carbons (Fsp3) is 0.208. The molecule has 0 saturated carbocycles. The lowest BCUT2D eigenvalue weighted by atomic mass is 9.99. The molecule has 3 aromatic carbocycles. The van der Waals surface area contributed by atoms with Gasteiger partial charge in [-0.2, -0.15) is 0 Å². The second-order valence-corrected chi connectivity index (χ2v) is 7.74. The van der Waals surface area contributed by atoms with Gasteiger partial charge in [-0.3, -0.25) is 15.0 Å². The maximum atomic E-state index is 12.2. The quantitative estimate of drug-likeness (QED) is 0.450. The molecule has 156 valence electrons. The Hall–Kier alpha value is -3.87. The summed E-state index contributed by atoms with van der Waals surface area (Å²) < 4.78 is 5.06. The molecule has 1 unspecified atom stereocenters. The van der Waals surface area contributed by atoms with Crippen molar-refractivity contribution in [3.05, 3.63) is 88.0 Å². The first-order valence-electron chi connectivity index (χ1n) is 10.3. The molecule has 0 radical (unpaired) electrons. The summed E-state index contributed by atoms with van der Waals surface area (Å²) in [5, 5.41) is 14.8. The molecule has 0 spiro atoms. The number of cyclic esters (lactones) is 1. The highest BCUT2D eigenvalue weighted by Gasteiger charge is 2.30. The molecule has 3 aromatic rings. The number of hydrogen-bond acceptors (Lipinski definition) is 5. The third-order valence-corrected chi connectivity index (χ3v) is 5.90. The van der Waals surface area contributed by atoms with E-state index in [0.29, 0.717) is 17.9 Å². The Labute approximate surface area is 179 Å². The van der Waals surface area contributed by atoms with Gasteiger partial charge < -0.3 is 10.1 Å². The molecule has 1 saturated heterocycles. The highest BCUT2D eigenvalue weighted by Crippen LogP contribution is 2.40. The fourth-order valence-corrected chi connectivity index (χ4v) is 4.34. The average molecular weight is 415 g/mol. The molecule has 1 aliphatic carbocycles. The molecule has 1 amide bonds. The van der Waals surface area contributed by atoms with Crippen molar-refractivity contribution in [3.63, 3.8) is 0 Å². The maximum absolute atomic E-state index is 12.2. The number of ether oxygens (including phenoxy) is 1. The molecule has 5 rings (SSSR count). The smallest absolute Gasteiger partial charge is 0.414 e. The van der Waals surface area contributed by atoms with E-state index < -0.39 is 11.0 Å². The molecule has 7 heteroatoms. The van der Waals surface area contributed by atoms with Crippen molar-refractivity contribution >= 4 is 23.2 Å². The highest BCUT2D eigenvalue weighted by molar-refractivity contribution is 5.94. The largest absolute Gasteiger partial charge is 0.447 e. The van der Waals surface area contributed by atoms with Gasteiger partial charge in [-0.1, -0.05) is 42.5 Å². The van der Waals surface area contributed by atoms with Crippen molar-refractivity contribution in [1.29, 1.82) is 0 Å². The van der Waals surface area contributed by atoms with Gasteiger partial charge >= 0.3 is 6.09 Å². The number of non-ortho nitro benzene ring substituents is 1. The number of nitrogens with zero attached hydrogens (tertiary/aromatic N) is 2. The summed E-state index contributed by atoms with van der Waals surface area (Å²) in [6.45, 7) is 0.641. The van der Waals surface area contributed by atoms with Crippen LogP contribution in [-0.4, -0.2) is 24.2 Å². The molecule has 1 heterocycles. The van der Waals surface area contributed by atoms with Crippen molar-refractivity contribution in [2.45, 2.75) is 18.9 Å². The molecule has 1 aliphatic heterocycles. The Morgan fingerprint density at radius 3 is 2.61 bits per heavy atom. The summed E-state index contributed by atoms with van der Waals surface area (Å²) in [5.74, 6) is 0. The number of nitrogens with one attached hydrogen (secondary N) is 1. The van der Waals surface area contributed by atoms with Crippen molar-refractivity contribution in [2.75, 3.05) is 23.4 Å². The number of fused-ring (bicyclic) bond motifs is 1. The molecule has 7 nitrogen and oxygen atoms in total. The van der Waals surface area contributed by atoms with Gasteiger partial charge in [0.05, 0.1) is 28.9 Å². The zero-order chi connectivity index (χ0) is 21.4. The number of aryl methyl sites for hydroxylation is 1. The third kappa shape index (κ3) is 3.59. The average Bonchev–Trinajstić information content (AvgIpc) is 3.40. The van der Waals surface area contributed by atoms with Gasteiger partial charge in [0.2, 0.25) is 0 Å². The molecule has 1 fully saturated rings. The number of hydrogen-bond donors (Lipinski definition) is 1. The van der Waals surface area contributed by atoms with Gasteiger partial charge in [-0.25, -0.2) is 4.79 Å². The van der Waals surface area contributed by atoms with Crippen LogP contribution >= 0.6 is 0 Å². The summed E-state index contributed by atoms with van der Waals surface area (Å²) in [4.78, 5) is 24.4. The summed E-state index contributed by atoms with van der Waals surface area (Å²) in [6, 6.07) is 21.4. The standard InChI is InChI=1S/C24H21N3O4/c28-24-26(12-13-31-24)23-15-19(27(29)30)9-11-22(23)25-21-10-8-17-6-7-18(14-20(17)21)16-4-2-1-3-5-16/h1-7,9,11,14-15,21,25H,8,10,12-13H2. The Balaban J connectivity index is 1.49. The number of carbonyl (C=O) groups is 1. The Morgan fingerprint density at radius 1 is 1.03 bits per heavy atom. The van der Waals surface area contributed by atoms with E-state index in [1.54, 1.807) is 6.07 Å². The molecular weight excluding hydrogens is 394 g/mol. The van der Waals surface area contributed by atoms with E-state index in [0.717, 1.165) is 24.0 Å². The Morgan fingerprint density at radius 2 is 1.87 bits per heavy atom. The van der Waals surface area contributed by atoms with Crippen LogP contribution < -0.4 is 10.2 Å². The summed E-state index contributed by atoms with van der Waals surface area (Å²) in [6.07, 6.45) is 1.38. The summed E-state index contributed by atoms with van der Waals surface area (Å²) in [5.41, 5.74) is 5.93. The zero-order valence-electron chi connectivity index (χ0n) is 16.8. The number of nitro groups is 1. The van der Waals surface area contributed by atoms with Crippen molar-refractivity contribution in [2.24, 2.45) is 0 Å². The minimum absolute atomic E-state index is 0.0532. The van der Waals surface area contributed by atoms with Gasteiger partial charge in [0, 0.05) is 12.1 Å². The van der Waals surface area contributed by atoms with Crippen LogP contribution in [0.15, 0.2) is 66.7 Å². The van der Waals surface area contributed by atoms with Crippen LogP contribution in [-0.2, 0) is 11.2 Å². The van der Waals surface area contributed by atoms with Crippen LogP contribution in [0.25, 0.3) is 11.1 Å². The van der Waals surface area contributed by atoms with E-state index in [1.807, 2.05) is 18.2 Å². The van der Waals surface area contributed by atoms with Gasteiger partial charge in [0.1, 0.15) is 6.61 Å². The maximum Gasteiger partial charge on any atom is 0.414 e. The van der Waals surface area contributed by atoms with Crippen LogP contribution in [0.5, 0.6) is 0 Å². The normalized spacial score (nSPS) is 17.4. The van der Waals surface area contributed by atoms with Crippen molar-refractivity contribution < 1.29 is 14.5 Å². The van der Waals surface area contributed by atoms with E-state index in [9.17, 15) is 14.9 Å². The molecular formula is C24H21N3O4. The first kappa shape index (κ1) is 19.1. The number of benzene rings is 3. The molecule has 1 N–H and O–H groups in total. The van der Waals surface area contributed by atoms with Gasteiger partial charge in [0.15, 0.2) is 0 Å². The van der Waals surface area contributed by atoms with Gasteiger partial charge in [-0.15, -0.1) is 0 Å². The lowest BCUT2D eigenvalue weighted by Gasteiger charge is -2.22. The molecule has 2 aliphatic rings. The van der Waals surface area contributed by atoms with Crippen LogP contribution in [0.2, 0.25) is 0 Å². The monoisotopic (exact) mass is 415 g/mol. The van der Waals surface area contributed by atoms with Gasteiger partial charge in [-0.05, 0) is 47.2 Å². The van der Waals surface area contributed by atoms with E-state index >= 15 is 0 Å². The van der Waals surface area contributed by atoms with Crippen LogP contribution in [0.3, 0.4) is 0 Å². The summed E-state index contributed by atoms with van der Waals surface area (Å²) >= 11 is 0.